The lowest BCUT2D eigenvalue weighted by Gasteiger charge is -2.22. The minimum Gasteiger partial charge on any atom is -0.451 e. The molecule has 1 aliphatic heterocycles. The summed E-state index contributed by atoms with van der Waals surface area (Å²) in [5, 5.41) is 10.8. The SMILES string of the molecule is Cc1c(C(=O)N2CCCC2CO)oc2ccc(Cl)cc12. The van der Waals surface area contributed by atoms with Crippen LogP contribution in [-0.4, -0.2) is 35.1 Å². The number of hydrogen-bond donors (Lipinski definition) is 1. The number of aryl methyl sites for hydroxylation is 1. The van der Waals surface area contributed by atoms with Gasteiger partial charge in [0.15, 0.2) is 5.76 Å². The minimum absolute atomic E-state index is 0.00313. The average molecular weight is 294 g/mol. The zero-order valence-corrected chi connectivity index (χ0v) is 12.0. The Morgan fingerprint density at radius 2 is 2.35 bits per heavy atom. The predicted molar refractivity (Wildman–Crippen MR) is 77.1 cm³/mol. The standard InChI is InChI=1S/C15H16ClNO3/c1-9-12-7-10(16)4-5-13(12)20-14(9)15(19)17-6-2-3-11(17)8-18/h4-5,7,11,18H,2-3,6,8H2,1H3. The van der Waals surface area contributed by atoms with Gasteiger partial charge in [0, 0.05) is 22.5 Å². The summed E-state index contributed by atoms with van der Waals surface area (Å²) in [5.41, 5.74) is 1.46. The van der Waals surface area contributed by atoms with E-state index >= 15 is 0 Å². The molecule has 1 N–H and O–H groups in total. The summed E-state index contributed by atoms with van der Waals surface area (Å²) in [6.07, 6.45) is 1.76. The van der Waals surface area contributed by atoms with Crippen molar-refractivity contribution in [3.8, 4) is 0 Å². The third kappa shape index (κ3) is 2.09. The molecule has 4 nitrogen and oxygen atoms in total. The Morgan fingerprint density at radius 1 is 1.55 bits per heavy atom. The highest BCUT2D eigenvalue weighted by Crippen LogP contribution is 2.30. The molecule has 0 bridgehead atoms. The molecule has 1 atom stereocenters. The molecule has 0 radical (unpaired) electrons. The number of benzene rings is 1. The Kier molecular flexibility index (Phi) is 3.44. The Labute approximate surface area is 121 Å². The van der Waals surface area contributed by atoms with Crippen molar-refractivity contribution in [3.63, 3.8) is 0 Å². The maximum atomic E-state index is 12.6. The second-order valence-electron chi connectivity index (χ2n) is 5.17. The van der Waals surface area contributed by atoms with Gasteiger partial charge in [0.05, 0.1) is 12.6 Å². The number of aliphatic hydroxyl groups is 1. The van der Waals surface area contributed by atoms with Gasteiger partial charge in [-0.1, -0.05) is 11.6 Å². The molecule has 0 saturated carbocycles. The highest BCUT2D eigenvalue weighted by atomic mass is 35.5. The van der Waals surface area contributed by atoms with Crippen LogP contribution in [0.5, 0.6) is 0 Å². The molecule has 20 heavy (non-hydrogen) atoms. The van der Waals surface area contributed by atoms with Crippen LogP contribution in [0.4, 0.5) is 0 Å². The average Bonchev–Trinajstić information content (AvgIpc) is 3.03. The molecule has 1 fully saturated rings. The van der Waals surface area contributed by atoms with Gasteiger partial charge in [0.25, 0.3) is 5.91 Å². The number of furan rings is 1. The molecule has 1 aliphatic rings. The molecular formula is C15H16ClNO3. The van der Waals surface area contributed by atoms with Gasteiger partial charge in [-0.15, -0.1) is 0 Å². The monoisotopic (exact) mass is 293 g/mol. The summed E-state index contributed by atoms with van der Waals surface area (Å²) in [4.78, 5) is 14.3. The van der Waals surface area contributed by atoms with Crippen LogP contribution in [0.1, 0.15) is 29.0 Å². The van der Waals surface area contributed by atoms with Gasteiger partial charge in [-0.05, 0) is 38.0 Å². The smallest absolute Gasteiger partial charge is 0.290 e. The number of rotatable bonds is 2. The molecule has 2 heterocycles. The molecular weight excluding hydrogens is 278 g/mol. The number of hydrogen-bond acceptors (Lipinski definition) is 3. The van der Waals surface area contributed by atoms with Gasteiger partial charge in [-0.3, -0.25) is 4.79 Å². The number of nitrogens with zero attached hydrogens (tertiary/aromatic N) is 1. The highest BCUT2D eigenvalue weighted by Gasteiger charge is 2.31. The zero-order chi connectivity index (χ0) is 14.3. The highest BCUT2D eigenvalue weighted by molar-refractivity contribution is 6.31. The van der Waals surface area contributed by atoms with Crippen molar-refractivity contribution < 1.29 is 14.3 Å². The largest absolute Gasteiger partial charge is 0.451 e. The topological polar surface area (TPSA) is 53.7 Å². The number of aliphatic hydroxyl groups excluding tert-OH is 1. The molecule has 106 valence electrons. The first-order chi connectivity index (χ1) is 9.61. The van der Waals surface area contributed by atoms with Crippen molar-refractivity contribution in [1.29, 1.82) is 0 Å². The zero-order valence-electron chi connectivity index (χ0n) is 11.2. The molecule has 0 aliphatic carbocycles. The minimum atomic E-state index is -0.147. The van der Waals surface area contributed by atoms with Gasteiger partial charge >= 0.3 is 0 Å². The predicted octanol–water partition coefficient (Wildman–Crippen LogP) is 2.99. The number of likely N-dealkylation sites (tertiary alicyclic amines) is 1. The second-order valence-corrected chi connectivity index (χ2v) is 5.61. The molecule has 1 unspecified atom stereocenters. The van der Waals surface area contributed by atoms with Gasteiger partial charge in [0.2, 0.25) is 0 Å². The molecule has 1 saturated heterocycles. The van der Waals surface area contributed by atoms with Crippen LogP contribution in [-0.2, 0) is 0 Å². The van der Waals surface area contributed by atoms with Crippen LogP contribution in [0.15, 0.2) is 22.6 Å². The van der Waals surface area contributed by atoms with E-state index in [4.69, 9.17) is 16.0 Å². The number of amides is 1. The van der Waals surface area contributed by atoms with Crippen molar-refractivity contribution in [3.05, 3.63) is 34.5 Å². The van der Waals surface area contributed by atoms with Gasteiger partial charge in [0.1, 0.15) is 5.58 Å². The summed E-state index contributed by atoms with van der Waals surface area (Å²) >= 11 is 5.98. The van der Waals surface area contributed by atoms with E-state index in [1.54, 1.807) is 23.1 Å². The van der Waals surface area contributed by atoms with Gasteiger partial charge < -0.3 is 14.4 Å². The van der Waals surface area contributed by atoms with Crippen molar-refractivity contribution in [1.82, 2.24) is 4.90 Å². The van der Waals surface area contributed by atoms with Crippen molar-refractivity contribution in [2.45, 2.75) is 25.8 Å². The van der Waals surface area contributed by atoms with E-state index in [2.05, 4.69) is 0 Å². The first kappa shape index (κ1) is 13.5. The molecule has 2 aromatic rings. The maximum Gasteiger partial charge on any atom is 0.290 e. The van der Waals surface area contributed by atoms with Crippen molar-refractivity contribution >= 4 is 28.5 Å². The fourth-order valence-corrected chi connectivity index (χ4v) is 2.99. The third-order valence-corrected chi connectivity index (χ3v) is 4.18. The van der Waals surface area contributed by atoms with E-state index in [0.29, 0.717) is 22.9 Å². The summed E-state index contributed by atoms with van der Waals surface area (Å²) in [5.74, 6) is 0.203. The summed E-state index contributed by atoms with van der Waals surface area (Å²) in [7, 11) is 0. The van der Waals surface area contributed by atoms with Crippen LogP contribution in [0.3, 0.4) is 0 Å². The van der Waals surface area contributed by atoms with E-state index in [1.165, 1.54) is 0 Å². The lowest BCUT2D eigenvalue weighted by Crippen LogP contribution is -2.37. The molecule has 5 heteroatoms. The number of fused-ring (bicyclic) bond motifs is 1. The van der Waals surface area contributed by atoms with E-state index in [1.807, 2.05) is 6.92 Å². The van der Waals surface area contributed by atoms with Crippen LogP contribution in [0.2, 0.25) is 5.02 Å². The van der Waals surface area contributed by atoms with E-state index in [-0.39, 0.29) is 18.6 Å². The summed E-state index contributed by atoms with van der Waals surface area (Å²) in [6, 6.07) is 5.22. The molecule has 1 aromatic carbocycles. The molecule has 3 rings (SSSR count). The maximum absolute atomic E-state index is 12.6. The lowest BCUT2D eigenvalue weighted by atomic mass is 10.1. The first-order valence-electron chi connectivity index (χ1n) is 6.72. The van der Waals surface area contributed by atoms with E-state index < -0.39 is 0 Å². The number of carbonyl (C=O) groups is 1. The molecule has 1 aromatic heterocycles. The quantitative estimate of drug-likeness (QED) is 0.926. The van der Waals surface area contributed by atoms with Crippen LogP contribution in [0, 0.1) is 6.92 Å². The Bertz CT molecular complexity index is 664. The van der Waals surface area contributed by atoms with Crippen LogP contribution >= 0.6 is 11.6 Å². The fraction of sp³-hybridized carbons (Fsp3) is 0.400. The normalized spacial score (nSPS) is 18.9. The van der Waals surface area contributed by atoms with E-state index in [0.717, 1.165) is 23.8 Å². The number of halogens is 1. The Balaban J connectivity index is 2.01. The summed E-state index contributed by atoms with van der Waals surface area (Å²) in [6.45, 7) is 2.53. The molecule has 1 amide bonds. The lowest BCUT2D eigenvalue weighted by molar-refractivity contribution is 0.0647. The second kappa shape index (κ2) is 5.11. The van der Waals surface area contributed by atoms with Crippen molar-refractivity contribution in [2.24, 2.45) is 0 Å². The van der Waals surface area contributed by atoms with E-state index in [9.17, 15) is 9.90 Å². The van der Waals surface area contributed by atoms with Crippen LogP contribution in [0.25, 0.3) is 11.0 Å². The summed E-state index contributed by atoms with van der Waals surface area (Å²) < 4.78 is 5.69. The Hall–Kier alpha value is -1.52. The van der Waals surface area contributed by atoms with Crippen LogP contribution < -0.4 is 0 Å². The van der Waals surface area contributed by atoms with Crippen molar-refractivity contribution in [2.75, 3.05) is 13.2 Å². The molecule has 0 spiro atoms. The van der Waals surface area contributed by atoms with Gasteiger partial charge in [-0.2, -0.15) is 0 Å². The number of carbonyl (C=O) groups excluding carboxylic acids is 1. The van der Waals surface area contributed by atoms with Gasteiger partial charge in [-0.25, -0.2) is 0 Å². The Morgan fingerprint density at radius 3 is 3.10 bits per heavy atom. The fourth-order valence-electron chi connectivity index (χ4n) is 2.82. The third-order valence-electron chi connectivity index (χ3n) is 3.94. The first-order valence-corrected chi connectivity index (χ1v) is 7.10.